The van der Waals surface area contributed by atoms with Gasteiger partial charge in [-0.3, -0.25) is 0 Å². The van der Waals surface area contributed by atoms with Gasteiger partial charge in [0.1, 0.15) is 0 Å². The zero-order chi connectivity index (χ0) is 10.3. The second-order valence-electron chi connectivity index (χ2n) is 3.21. The summed E-state index contributed by atoms with van der Waals surface area (Å²) < 4.78 is 5.40. The van der Waals surface area contributed by atoms with Gasteiger partial charge in [-0.15, -0.1) is 12.3 Å². The van der Waals surface area contributed by atoms with Gasteiger partial charge in [-0.1, -0.05) is 0 Å². The predicted octanol–water partition coefficient (Wildman–Crippen LogP) is 0.547. The molecule has 0 heterocycles. The molecular formula is C10H18O3. The summed E-state index contributed by atoms with van der Waals surface area (Å²) in [5.41, 5.74) is 0. The van der Waals surface area contributed by atoms with Crippen molar-refractivity contribution in [3.05, 3.63) is 0 Å². The quantitative estimate of drug-likeness (QED) is 0.595. The second kappa shape index (κ2) is 6.90. The van der Waals surface area contributed by atoms with Crippen LogP contribution in [0, 0.1) is 12.3 Å². The Balaban J connectivity index is 3.99. The Kier molecular flexibility index (Phi) is 6.61. The van der Waals surface area contributed by atoms with E-state index in [1.54, 1.807) is 0 Å². The third-order valence-corrected chi connectivity index (χ3v) is 1.62. The molecule has 0 aromatic rings. The highest BCUT2D eigenvalue weighted by molar-refractivity contribution is 4.90. The number of aliphatic hydroxyl groups is 2. The van der Waals surface area contributed by atoms with Gasteiger partial charge in [-0.2, -0.15) is 0 Å². The minimum atomic E-state index is -0.677. The number of terminal acetylenes is 1. The predicted molar refractivity (Wildman–Crippen MR) is 51.2 cm³/mol. The van der Waals surface area contributed by atoms with Crippen molar-refractivity contribution in [1.29, 1.82) is 0 Å². The van der Waals surface area contributed by atoms with Crippen LogP contribution in [0.2, 0.25) is 0 Å². The molecule has 0 aromatic carbocycles. The summed E-state index contributed by atoms with van der Waals surface area (Å²) in [4.78, 5) is 0. The van der Waals surface area contributed by atoms with Crippen molar-refractivity contribution in [3.8, 4) is 12.3 Å². The third kappa shape index (κ3) is 5.64. The van der Waals surface area contributed by atoms with Gasteiger partial charge in [0.25, 0.3) is 0 Å². The topological polar surface area (TPSA) is 49.7 Å². The van der Waals surface area contributed by atoms with Crippen LogP contribution in [0.3, 0.4) is 0 Å². The molecule has 2 N–H and O–H groups in total. The molecule has 3 heteroatoms. The largest absolute Gasteiger partial charge is 0.396 e. The normalized spacial score (nSPS) is 15.4. The maximum Gasteiger partial charge on any atom is 0.0946 e. The lowest BCUT2D eigenvalue weighted by Crippen LogP contribution is -2.31. The molecule has 0 amide bonds. The second-order valence-corrected chi connectivity index (χ2v) is 3.21. The first-order valence-corrected chi connectivity index (χ1v) is 4.49. The molecule has 0 rings (SSSR count). The highest BCUT2D eigenvalue weighted by Gasteiger charge is 2.19. The van der Waals surface area contributed by atoms with Crippen LogP contribution in [-0.4, -0.2) is 35.1 Å². The molecule has 0 aliphatic carbocycles. The van der Waals surface area contributed by atoms with Crippen molar-refractivity contribution in [2.24, 2.45) is 0 Å². The van der Waals surface area contributed by atoms with Gasteiger partial charge in [0, 0.05) is 13.0 Å². The van der Waals surface area contributed by atoms with Gasteiger partial charge in [0.2, 0.25) is 0 Å². The van der Waals surface area contributed by atoms with E-state index >= 15 is 0 Å². The monoisotopic (exact) mass is 186 g/mol. The first kappa shape index (κ1) is 12.4. The van der Waals surface area contributed by atoms with Crippen LogP contribution in [0.4, 0.5) is 0 Å². The Hall–Kier alpha value is -0.560. The minimum absolute atomic E-state index is 0.0340. The zero-order valence-electron chi connectivity index (χ0n) is 8.23. The summed E-state index contributed by atoms with van der Waals surface area (Å²) in [6.07, 6.45) is 4.81. The molecule has 0 saturated carbocycles. The van der Waals surface area contributed by atoms with Crippen LogP contribution in [0.25, 0.3) is 0 Å². The van der Waals surface area contributed by atoms with Gasteiger partial charge in [0.15, 0.2) is 0 Å². The average Bonchev–Trinajstić information content (AvgIpc) is 2.03. The molecule has 0 aromatic heterocycles. The van der Waals surface area contributed by atoms with Crippen molar-refractivity contribution in [1.82, 2.24) is 0 Å². The fourth-order valence-electron chi connectivity index (χ4n) is 1.06. The summed E-state index contributed by atoms with van der Waals surface area (Å²) in [7, 11) is 0. The number of aliphatic hydroxyl groups excluding tert-OH is 2. The first-order valence-electron chi connectivity index (χ1n) is 4.49. The molecule has 0 radical (unpaired) electrons. The number of hydrogen-bond acceptors (Lipinski definition) is 3. The number of ether oxygens (including phenoxy) is 1. The van der Waals surface area contributed by atoms with Crippen molar-refractivity contribution >= 4 is 0 Å². The lowest BCUT2D eigenvalue weighted by Gasteiger charge is -2.23. The van der Waals surface area contributed by atoms with Crippen LogP contribution in [-0.2, 0) is 4.74 Å². The molecular weight excluding hydrogens is 168 g/mol. The minimum Gasteiger partial charge on any atom is -0.396 e. The van der Waals surface area contributed by atoms with Crippen molar-refractivity contribution in [2.45, 2.75) is 45.0 Å². The Labute approximate surface area is 79.7 Å². The molecule has 76 valence electrons. The van der Waals surface area contributed by atoms with E-state index in [4.69, 9.17) is 16.3 Å². The first-order chi connectivity index (χ1) is 6.11. The summed E-state index contributed by atoms with van der Waals surface area (Å²) in [6.45, 7) is 3.72. The number of rotatable bonds is 6. The molecule has 3 nitrogen and oxygen atoms in total. The summed E-state index contributed by atoms with van der Waals surface area (Å²) in [6, 6.07) is 0. The van der Waals surface area contributed by atoms with Gasteiger partial charge in [0.05, 0.1) is 18.3 Å². The summed E-state index contributed by atoms with van der Waals surface area (Å²) >= 11 is 0. The van der Waals surface area contributed by atoms with E-state index in [1.165, 1.54) is 0 Å². The van der Waals surface area contributed by atoms with Crippen molar-refractivity contribution < 1.29 is 14.9 Å². The molecule has 0 fully saturated rings. The Morgan fingerprint density at radius 2 is 2.08 bits per heavy atom. The van der Waals surface area contributed by atoms with Gasteiger partial charge < -0.3 is 14.9 Å². The SMILES string of the molecule is C#CCC(OC(C)C)C(O)CCO. The van der Waals surface area contributed by atoms with Crippen LogP contribution >= 0.6 is 0 Å². The Morgan fingerprint density at radius 1 is 1.46 bits per heavy atom. The highest BCUT2D eigenvalue weighted by atomic mass is 16.5. The number of hydrogen-bond donors (Lipinski definition) is 2. The van der Waals surface area contributed by atoms with Crippen molar-refractivity contribution in [2.75, 3.05) is 6.61 Å². The molecule has 13 heavy (non-hydrogen) atoms. The smallest absolute Gasteiger partial charge is 0.0946 e. The molecule has 0 bridgehead atoms. The fourth-order valence-corrected chi connectivity index (χ4v) is 1.06. The van der Waals surface area contributed by atoms with Crippen LogP contribution in [0.15, 0.2) is 0 Å². The molecule has 0 spiro atoms. The van der Waals surface area contributed by atoms with Crippen LogP contribution < -0.4 is 0 Å². The molecule has 2 atom stereocenters. The Bertz CT molecular complexity index is 160. The van der Waals surface area contributed by atoms with Crippen LogP contribution in [0.5, 0.6) is 0 Å². The Morgan fingerprint density at radius 3 is 2.46 bits per heavy atom. The van der Waals surface area contributed by atoms with Crippen molar-refractivity contribution in [3.63, 3.8) is 0 Å². The van der Waals surface area contributed by atoms with Gasteiger partial charge in [-0.05, 0) is 20.3 Å². The maximum atomic E-state index is 9.51. The zero-order valence-corrected chi connectivity index (χ0v) is 8.23. The van der Waals surface area contributed by atoms with E-state index < -0.39 is 6.10 Å². The molecule has 0 saturated heterocycles. The average molecular weight is 186 g/mol. The third-order valence-electron chi connectivity index (χ3n) is 1.62. The van der Waals surface area contributed by atoms with E-state index in [0.29, 0.717) is 12.8 Å². The van der Waals surface area contributed by atoms with Crippen LogP contribution in [0.1, 0.15) is 26.7 Å². The fraction of sp³-hybridized carbons (Fsp3) is 0.800. The summed E-state index contributed by atoms with van der Waals surface area (Å²) in [5, 5.41) is 18.1. The van der Waals surface area contributed by atoms with Gasteiger partial charge in [-0.25, -0.2) is 0 Å². The van der Waals surface area contributed by atoms with E-state index in [0.717, 1.165) is 0 Å². The lowest BCUT2D eigenvalue weighted by atomic mass is 10.1. The van der Waals surface area contributed by atoms with E-state index in [1.807, 2.05) is 13.8 Å². The lowest BCUT2D eigenvalue weighted by molar-refractivity contribution is -0.0679. The standard InChI is InChI=1S/C10H18O3/c1-4-5-10(13-8(2)3)9(12)6-7-11/h1,8-12H,5-7H2,2-3H3. The van der Waals surface area contributed by atoms with E-state index in [2.05, 4.69) is 5.92 Å². The highest BCUT2D eigenvalue weighted by Crippen LogP contribution is 2.10. The molecule has 2 unspecified atom stereocenters. The van der Waals surface area contributed by atoms with E-state index in [9.17, 15) is 5.11 Å². The van der Waals surface area contributed by atoms with E-state index in [-0.39, 0.29) is 18.8 Å². The maximum absolute atomic E-state index is 9.51. The molecule has 0 aliphatic heterocycles. The molecule has 0 aliphatic rings. The summed E-state index contributed by atoms with van der Waals surface area (Å²) in [5.74, 6) is 2.45. The van der Waals surface area contributed by atoms with Gasteiger partial charge >= 0.3 is 0 Å².